The molecule has 2 N–H and O–H groups in total. The molecule has 0 atom stereocenters. The number of benzene rings is 1. The van der Waals surface area contributed by atoms with Crippen LogP contribution in [0.15, 0.2) is 18.2 Å². The minimum atomic E-state index is -0.0885. The van der Waals surface area contributed by atoms with Crippen LogP contribution in [0.1, 0.15) is 50.2 Å². The number of amides is 2. The number of hydrogen-bond acceptors (Lipinski definition) is 1. The topological polar surface area (TPSA) is 41.1 Å². The molecule has 0 aliphatic heterocycles. The molecular formula is C16H24N2O. The van der Waals surface area contributed by atoms with Gasteiger partial charge in [0, 0.05) is 12.2 Å². The summed E-state index contributed by atoms with van der Waals surface area (Å²) >= 11 is 0. The first-order chi connectivity index (χ1) is 9.29. The average molecular weight is 260 g/mol. The summed E-state index contributed by atoms with van der Waals surface area (Å²) in [7, 11) is 0. The Hall–Kier alpha value is -1.51. The van der Waals surface area contributed by atoms with Crippen LogP contribution in [0.5, 0.6) is 0 Å². The Morgan fingerprint density at radius 1 is 1.16 bits per heavy atom. The average Bonchev–Trinajstić information content (AvgIpc) is 2.86. The van der Waals surface area contributed by atoms with Gasteiger partial charge in [-0.15, -0.1) is 0 Å². The van der Waals surface area contributed by atoms with E-state index in [4.69, 9.17) is 0 Å². The lowest BCUT2D eigenvalue weighted by molar-refractivity contribution is 0.252. The Labute approximate surface area is 115 Å². The minimum Gasteiger partial charge on any atom is -0.338 e. The lowest BCUT2D eigenvalue weighted by Gasteiger charge is -2.09. The van der Waals surface area contributed by atoms with Crippen molar-refractivity contribution in [1.29, 1.82) is 0 Å². The number of unbranched alkanes of at least 4 members (excludes halogenated alkanes) is 3. The number of rotatable bonds is 6. The number of hydrogen-bond donors (Lipinski definition) is 2. The third kappa shape index (κ3) is 4.27. The first kappa shape index (κ1) is 13.9. The molecule has 1 aromatic carbocycles. The number of nitrogens with one attached hydrogen (secondary N) is 2. The third-order valence-electron chi connectivity index (χ3n) is 3.67. The maximum atomic E-state index is 11.7. The van der Waals surface area contributed by atoms with Gasteiger partial charge in [0.1, 0.15) is 0 Å². The van der Waals surface area contributed by atoms with Gasteiger partial charge in [-0.2, -0.15) is 0 Å². The van der Waals surface area contributed by atoms with Crippen LogP contribution in [0.2, 0.25) is 0 Å². The summed E-state index contributed by atoms with van der Waals surface area (Å²) in [6.07, 6.45) is 8.28. The number of urea groups is 1. The van der Waals surface area contributed by atoms with Crippen molar-refractivity contribution >= 4 is 11.7 Å². The quantitative estimate of drug-likeness (QED) is 0.749. The molecule has 0 saturated heterocycles. The van der Waals surface area contributed by atoms with E-state index in [1.807, 2.05) is 6.07 Å². The van der Waals surface area contributed by atoms with Gasteiger partial charge in [0.25, 0.3) is 0 Å². The van der Waals surface area contributed by atoms with Gasteiger partial charge in [-0.05, 0) is 48.9 Å². The van der Waals surface area contributed by atoms with Crippen LogP contribution in [0.25, 0.3) is 0 Å². The van der Waals surface area contributed by atoms with E-state index in [0.29, 0.717) is 0 Å². The summed E-state index contributed by atoms with van der Waals surface area (Å²) in [5.74, 6) is 0. The van der Waals surface area contributed by atoms with Gasteiger partial charge in [0.2, 0.25) is 0 Å². The number of aryl methyl sites for hydroxylation is 2. The van der Waals surface area contributed by atoms with Gasteiger partial charge in [-0.1, -0.05) is 32.3 Å². The number of carbonyl (C=O) groups excluding carboxylic acids is 1. The van der Waals surface area contributed by atoms with Gasteiger partial charge in [0.15, 0.2) is 0 Å². The Balaban J connectivity index is 1.73. The Bertz CT molecular complexity index is 429. The normalized spacial score (nSPS) is 13.1. The van der Waals surface area contributed by atoms with Gasteiger partial charge in [-0.25, -0.2) is 4.79 Å². The molecule has 1 aliphatic carbocycles. The van der Waals surface area contributed by atoms with Crippen molar-refractivity contribution in [3.8, 4) is 0 Å². The van der Waals surface area contributed by atoms with E-state index in [-0.39, 0.29) is 6.03 Å². The molecule has 1 aromatic rings. The summed E-state index contributed by atoms with van der Waals surface area (Å²) in [5.41, 5.74) is 3.73. The third-order valence-corrected chi connectivity index (χ3v) is 3.67. The van der Waals surface area contributed by atoms with Crippen LogP contribution in [0.4, 0.5) is 10.5 Å². The molecule has 2 amide bonds. The minimum absolute atomic E-state index is 0.0885. The summed E-state index contributed by atoms with van der Waals surface area (Å²) in [6.45, 7) is 2.95. The number of carbonyl (C=O) groups is 1. The van der Waals surface area contributed by atoms with E-state index < -0.39 is 0 Å². The molecule has 3 nitrogen and oxygen atoms in total. The lowest BCUT2D eigenvalue weighted by Crippen LogP contribution is -2.29. The summed E-state index contributed by atoms with van der Waals surface area (Å²) in [6, 6.07) is 6.16. The first-order valence-corrected chi connectivity index (χ1v) is 7.46. The van der Waals surface area contributed by atoms with Crippen LogP contribution >= 0.6 is 0 Å². The van der Waals surface area contributed by atoms with Crippen molar-refractivity contribution < 1.29 is 4.79 Å². The van der Waals surface area contributed by atoms with Crippen molar-refractivity contribution in [2.24, 2.45) is 0 Å². The second-order valence-electron chi connectivity index (χ2n) is 5.28. The highest BCUT2D eigenvalue weighted by Gasteiger charge is 2.11. The van der Waals surface area contributed by atoms with Crippen LogP contribution in [-0.2, 0) is 12.8 Å². The Morgan fingerprint density at radius 3 is 2.84 bits per heavy atom. The van der Waals surface area contributed by atoms with E-state index in [0.717, 1.165) is 25.1 Å². The molecule has 104 valence electrons. The predicted molar refractivity (Wildman–Crippen MR) is 79.6 cm³/mol. The molecule has 0 spiro atoms. The smallest absolute Gasteiger partial charge is 0.319 e. The number of anilines is 1. The summed E-state index contributed by atoms with van der Waals surface area (Å²) in [5, 5.41) is 5.82. The zero-order chi connectivity index (χ0) is 13.5. The van der Waals surface area contributed by atoms with Gasteiger partial charge < -0.3 is 10.6 Å². The van der Waals surface area contributed by atoms with Crippen LogP contribution < -0.4 is 10.6 Å². The van der Waals surface area contributed by atoms with Crippen molar-refractivity contribution in [1.82, 2.24) is 5.32 Å². The standard InChI is InChI=1S/C16H24N2O/c1-2-3-4-5-11-17-16(19)18-15-10-9-13-7-6-8-14(13)12-15/h9-10,12H,2-8,11H2,1H3,(H2,17,18,19). The van der Waals surface area contributed by atoms with E-state index in [9.17, 15) is 4.79 Å². The highest BCUT2D eigenvalue weighted by atomic mass is 16.2. The van der Waals surface area contributed by atoms with E-state index in [2.05, 4.69) is 29.7 Å². The molecule has 3 heteroatoms. The summed E-state index contributed by atoms with van der Waals surface area (Å²) in [4.78, 5) is 11.7. The molecule has 0 fully saturated rings. The molecular weight excluding hydrogens is 236 g/mol. The van der Waals surface area contributed by atoms with Crippen molar-refractivity contribution in [3.63, 3.8) is 0 Å². The van der Waals surface area contributed by atoms with Gasteiger partial charge >= 0.3 is 6.03 Å². The zero-order valence-electron chi connectivity index (χ0n) is 11.8. The highest BCUT2D eigenvalue weighted by Crippen LogP contribution is 2.24. The predicted octanol–water partition coefficient (Wildman–Crippen LogP) is 3.88. The van der Waals surface area contributed by atoms with Crippen LogP contribution in [0, 0.1) is 0 Å². The van der Waals surface area contributed by atoms with Crippen molar-refractivity contribution in [2.75, 3.05) is 11.9 Å². The fourth-order valence-corrected chi connectivity index (χ4v) is 2.58. The highest BCUT2D eigenvalue weighted by molar-refractivity contribution is 5.89. The molecule has 19 heavy (non-hydrogen) atoms. The van der Waals surface area contributed by atoms with E-state index in [1.165, 1.54) is 43.2 Å². The molecule has 0 radical (unpaired) electrons. The summed E-state index contributed by atoms with van der Waals surface area (Å²) < 4.78 is 0. The molecule has 1 aliphatic rings. The maximum absolute atomic E-state index is 11.7. The van der Waals surface area contributed by atoms with Crippen molar-refractivity contribution in [3.05, 3.63) is 29.3 Å². The van der Waals surface area contributed by atoms with Gasteiger partial charge in [-0.3, -0.25) is 0 Å². The molecule has 0 heterocycles. The Kier molecular flexibility index (Phi) is 5.25. The van der Waals surface area contributed by atoms with E-state index >= 15 is 0 Å². The zero-order valence-corrected chi connectivity index (χ0v) is 11.8. The molecule has 0 aromatic heterocycles. The van der Waals surface area contributed by atoms with Crippen LogP contribution in [-0.4, -0.2) is 12.6 Å². The van der Waals surface area contributed by atoms with Crippen LogP contribution in [0.3, 0.4) is 0 Å². The van der Waals surface area contributed by atoms with E-state index in [1.54, 1.807) is 0 Å². The fraction of sp³-hybridized carbons (Fsp3) is 0.562. The molecule has 0 saturated carbocycles. The first-order valence-electron chi connectivity index (χ1n) is 7.46. The molecule has 2 rings (SSSR count). The SMILES string of the molecule is CCCCCCNC(=O)Nc1ccc2c(c1)CCC2. The largest absolute Gasteiger partial charge is 0.338 e. The second-order valence-corrected chi connectivity index (χ2v) is 5.28. The maximum Gasteiger partial charge on any atom is 0.319 e. The van der Waals surface area contributed by atoms with Crippen molar-refractivity contribution in [2.45, 2.75) is 51.9 Å². The number of fused-ring (bicyclic) bond motifs is 1. The lowest BCUT2D eigenvalue weighted by atomic mass is 10.1. The fourth-order valence-electron chi connectivity index (χ4n) is 2.58. The molecule has 0 bridgehead atoms. The second kappa shape index (κ2) is 7.17. The monoisotopic (exact) mass is 260 g/mol. The van der Waals surface area contributed by atoms with Gasteiger partial charge in [0.05, 0.1) is 0 Å². The molecule has 0 unspecified atom stereocenters. The Morgan fingerprint density at radius 2 is 2.00 bits per heavy atom.